The second-order valence-electron chi connectivity index (χ2n) is 7.58. The van der Waals surface area contributed by atoms with Gasteiger partial charge in [-0.2, -0.15) is 0 Å². The summed E-state index contributed by atoms with van der Waals surface area (Å²) in [5, 5.41) is 3.71. The SMILES string of the molecule is COC(=O)c1ccc(-c2ccc3c(c2)CCNC3CCN2CCCC2)cc1. The lowest BCUT2D eigenvalue weighted by molar-refractivity contribution is 0.0601. The number of methoxy groups -OCH3 is 1. The number of fused-ring (bicyclic) bond motifs is 1. The molecule has 0 radical (unpaired) electrons. The minimum absolute atomic E-state index is 0.293. The molecule has 4 rings (SSSR count). The Hall–Kier alpha value is -2.17. The van der Waals surface area contributed by atoms with E-state index in [0.29, 0.717) is 11.6 Å². The van der Waals surface area contributed by atoms with E-state index in [2.05, 4.69) is 28.4 Å². The fourth-order valence-electron chi connectivity index (χ4n) is 4.32. The molecule has 0 aliphatic carbocycles. The lowest BCUT2D eigenvalue weighted by Gasteiger charge is -2.29. The van der Waals surface area contributed by atoms with Crippen molar-refractivity contribution in [2.24, 2.45) is 0 Å². The molecule has 2 aromatic rings. The molecule has 4 heteroatoms. The number of nitrogens with one attached hydrogen (secondary N) is 1. The predicted molar refractivity (Wildman–Crippen MR) is 108 cm³/mol. The van der Waals surface area contributed by atoms with Gasteiger partial charge in [0.1, 0.15) is 0 Å². The number of benzene rings is 2. The van der Waals surface area contributed by atoms with Gasteiger partial charge in [-0.05, 0) is 86.2 Å². The Balaban J connectivity index is 1.49. The smallest absolute Gasteiger partial charge is 0.337 e. The average Bonchev–Trinajstić information content (AvgIpc) is 3.25. The molecule has 0 bridgehead atoms. The molecule has 4 nitrogen and oxygen atoms in total. The molecule has 2 aromatic carbocycles. The number of rotatable bonds is 5. The molecule has 0 saturated carbocycles. The van der Waals surface area contributed by atoms with Gasteiger partial charge in [-0.1, -0.05) is 30.3 Å². The van der Waals surface area contributed by atoms with E-state index in [4.69, 9.17) is 4.74 Å². The molecule has 1 unspecified atom stereocenters. The van der Waals surface area contributed by atoms with E-state index < -0.39 is 0 Å². The topological polar surface area (TPSA) is 41.6 Å². The van der Waals surface area contributed by atoms with E-state index in [9.17, 15) is 4.79 Å². The van der Waals surface area contributed by atoms with Crippen LogP contribution in [0.25, 0.3) is 11.1 Å². The second-order valence-corrected chi connectivity index (χ2v) is 7.58. The summed E-state index contributed by atoms with van der Waals surface area (Å²) in [4.78, 5) is 14.2. The number of hydrogen-bond donors (Lipinski definition) is 1. The number of ether oxygens (including phenoxy) is 1. The van der Waals surface area contributed by atoms with Crippen molar-refractivity contribution < 1.29 is 9.53 Å². The van der Waals surface area contributed by atoms with E-state index in [1.165, 1.54) is 62.7 Å². The van der Waals surface area contributed by atoms with Crippen LogP contribution in [0.15, 0.2) is 42.5 Å². The number of hydrogen-bond acceptors (Lipinski definition) is 4. The molecule has 1 atom stereocenters. The molecule has 27 heavy (non-hydrogen) atoms. The monoisotopic (exact) mass is 364 g/mol. The van der Waals surface area contributed by atoms with Crippen LogP contribution in [0.5, 0.6) is 0 Å². The molecule has 1 fully saturated rings. The standard InChI is InChI=1S/C23H28N2O2/c1-27-23(26)18-6-4-17(5-7-18)19-8-9-21-20(16-19)10-12-24-22(21)11-15-25-13-2-3-14-25/h4-9,16,22,24H,2-3,10-15H2,1H3. The first kappa shape index (κ1) is 18.2. The molecule has 0 amide bonds. The van der Waals surface area contributed by atoms with Crippen molar-refractivity contribution in [1.82, 2.24) is 10.2 Å². The van der Waals surface area contributed by atoms with Crippen LogP contribution in [-0.4, -0.2) is 44.2 Å². The Morgan fingerprint density at radius 1 is 1.11 bits per heavy atom. The molecule has 1 saturated heterocycles. The van der Waals surface area contributed by atoms with E-state index in [0.717, 1.165) is 18.5 Å². The summed E-state index contributed by atoms with van der Waals surface area (Å²) in [5.74, 6) is -0.293. The summed E-state index contributed by atoms with van der Waals surface area (Å²) < 4.78 is 4.78. The number of carbonyl (C=O) groups excluding carboxylic acids is 1. The van der Waals surface area contributed by atoms with Gasteiger partial charge in [0.25, 0.3) is 0 Å². The molecule has 1 N–H and O–H groups in total. The third-order valence-corrected chi connectivity index (χ3v) is 5.88. The third-order valence-electron chi connectivity index (χ3n) is 5.88. The number of carbonyl (C=O) groups is 1. The Kier molecular flexibility index (Phi) is 5.55. The maximum Gasteiger partial charge on any atom is 0.337 e. The highest BCUT2D eigenvalue weighted by atomic mass is 16.5. The van der Waals surface area contributed by atoms with Crippen molar-refractivity contribution in [3.63, 3.8) is 0 Å². The molecule has 0 aromatic heterocycles. The van der Waals surface area contributed by atoms with Crippen LogP contribution in [0, 0.1) is 0 Å². The average molecular weight is 364 g/mol. The van der Waals surface area contributed by atoms with Crippen LogP contribution in [0.2, 0.25) is 0 Å². The van der Waals surface area contributed by atoms with Gasteiger partial charge >= 0.3 is 5.97 Å². The van der Waals surface area contributed by atoms with E-state index in [1.54, 1.807) is 0 Å². The summed E-state index contributed by atoms with van der Waals surface area (Å²) in [6, 6.07) is 15.0. The van der Waals surface area contributed by atoms with Crippen molar-refractivity contribution in [2.45, 2.75) is 31.7 Å². The summed E-state index contributed by atoms with van der Waals surface area (Å²) in [6.07, 6.45) is 4.96. The van der Waals surface area contributed by atoms with Gasteiger partial charge in [0.2, 0.25) is 0 Å². The van der Waals surface area contributed by atoms with Crippen LogP contribution in [0.3, 0.4) is 0 Å². The van der Waals surface area contributed by atoms with Crippen molar-refractivity contribution in [2.75, 3.05) is 33.3 Å². The summed E-state index contributed by atoms with van der Waals surface area (Å²) in [6.45, 7) is 4.76. The Morgan fingerprint density at radius 2 is 1.85 bits per heavy atom. The first-order valence-electron chi connectivity index (χ1n) is 10.0. The number of likely N-dealkylation sites (tertiary alicyclic amines) is 1. The maximum atomic E-state index is 11.6. The highest BCUT2D eigenvalue weighted by molar-refractivity contribution is 5.90. The van der Waals surface area contributed by atoms with Gasteiger partial charge in [-0.25, -0.2) is 4.79 Å². The summed E-state index contributed by atoms with van der Waals surface area (Å²) in [5.41, 5.74) is 5.85. The zero-order valence-corrected chi connectivity index (χ0v) is 16.0. The predicted octanol–water partition coefficient (Wildman–Crippen LogP) is 3.81. The second kappa shape index (κ2) is 8.24. The van der Waals surface area contributed by atoms with Gasteiger partial charge in [0.15, 0.2) is 0 Å². The Morgan fingerprint density at radius 3 is 2.59 bits per heavy atom. The highest BCUT2D eigenvalue weighted by Crippen LogP contribution is 2.30. The van der Waals surface area contributed by atoms with Crippen LogP contribution < -0.4 is 5.32 Å². The van der Waals surface area contributed by atoms with E-state index in [-0.39, 0.29) is 5.97 Å². The fraction of sp³-hybridized carbons (Fsp3) is 0.435. The Labute approximate surface area is 161 Å². The van der Waals surface area contributed by atoms with Gasteiger partial charge in [-0.3, -0.25) is 0 Å². The van der Waals surface area contributed by atoms with Crippen LogP contribution in [0.1, 0.15) is 46.8 Å². The van der Waals surface area contributed by atoms with Crippen LogP contribution in [0.4, 0.5) is 0 Å². The quantitative estimate of drug-likeness (QED) is 0.819. The summed E-state index contributed by atoms with van der Waals surface area (Å²) >= 11 is 0. The van der Waals surface area contributed by atoms with Gasteiger partial charge < -0.3 is 15.0 Å². The first-order chi connectivity index (χ1) is 13.2. The first-order valence-corrected chi connectivity index (χ1v) is 10.0. The number of esters is 1. The molecular formula is C23H28N2O2. The van der Waals surface area contributed by atoms with Gasteiger partial charge in [-0.15, -0.1) is 0 Å². The molecule has 2 heterocycles. The van der Waals surface area contributed by atoms with Crippen LogP contribution >= 0.6 is 0 Å². The molecule has 0 spiro atoms. The van der Waals surface area contributed by atoms with Gasteiger partial charge in [0, 0.05) is 6.04 Å². The van der Waals surface area contributed by atoms with Crippen molar-refractivity contribution in [1.29, 1.82) is 0 Å². The fourth-order valence-corrected chi connectivity index (χ4v) is 4.32. The summed E-state index contributed by atoms with van der Waals surface area (Å²) in [7, 11) is 1.41. The zero-order chi connectivity index (χ0) is 18.6. The minimum Gasteiger partial charge on any atom is -0.465 e. The van der Waals surface area contributed by atoms with E-state index >= 15 is 0 Å². The van der Waals surface area contributed by atoms with Crippen molar-refractivity contribution >= 4 is 5.97 Å². The normalized spacial score (nSPS) is 19.7. The van der Waals surface area contributed by atoms with Crippen LogP contribution in [-0.2, 0) is 11.2 Å². The lowest BCUT2D eigenvalue weighted by atomic mass is 9.89. The molecule has 2 aliphatic rings. The largest absolute Gasteiger partial charge is 0.465 e. The van der Waals surface area contributed by atoms with Crippen molar-refractivity contribution in [3.8, 4) is 11.1 Å². The maximum absolute atomic E-state index is 11.6. The van der Waals surface area contributed by atoms with Crippen molar-refractivity contribution in [3.05, 3.63) is 59.2 Å². The molecule has 2 aliphatic heterocycles. The third kappa shape index (κ3) is 4.07. The zero-order valence-electron chi connectivity index (χ0n) is 16.0. The van der Waals surface area contributed by atoms with Gasteiger partial charge in [0.05, 0.1) is 12.7 Å². The lowest BCUT2D eigenvalue weighted by Crippen LogP contribution is -2.33. The Bertz CT molecular complexity index is 795. The number of nitrogens with zero attached hydrogens (tertiary/aromatic N) is 1. The van der Waals surface area contributed by atoms with E-state index in [1.807, 2.05) is 24.3 Å². The highest BCUT2D eigenvalue weighted by Gasteiger charge is 2.21. The minimum atomic E-state index is -0.293. The molecule has 142 valence electrons. The molecular weight excluding hydrogens is 336 g/mol.